The molecule has 0 fully saturated rings. The molecule has 0 spiro atoms. The van der Waals surface area contributed by atoms with E-state index in [1.54, 1.807) is 6.92 Å². The monoisotopic (exact) mass is 262 g/mol. The number of nitrogens with zero attached hydrogens (tertiary/aromatic N) is 2. The van der Waals surface area contributed by atoms with Gasteiger partial charge in [0.25, 0.3) is 5.69 Å². The van der Waals surface area contributed by atoms with Gasteiger partial charge in [-0.3, -0.25) is 14.9 Å². The van der Waals surface area contributed by atoms with Gasteiger partial charge in [0.15, 0.2) is 0 Å². The van der Waals surface area contributed by atoms with Crippen LogP contribution < -0.4 is 11.1 Å². The van der Waals surface area contributed by atoms with E-state index < -0.39 is 4.92 Å². The Kier molecular flexibility index (Phi) is 4.97. The molecular weight excluding hydrogens is 248 g/mol. The summed E-state index contributed by atoms with van der Waals surface area (Å²) < 4.78 is 0. The predicted molar refractivity (Wildman–Crippen MR) is 69.3 cm³/mol. The number of nitrogens with one attached hydrogen (secondary N) is 1. The van der Waals surface area contributed by atoms with Crippen molar-refractivity contribution >= 4 is 17.3 Å². The molecule has 0 bridgehead atoms. The average Bonchev–Trinajstić information content (AvgIpc) is 2.39. The third-order valence-electron chi connectivity index (χ3n) is 2.64. The van der Waals surface area contributed by atoms with E-state index in [1.807, 2.05) is 6.07 Å². The van der Waals surface area contributed by atoms with E-state index in [4.69, 9.17) is 11.0 Å². The zero-order valence-electron chi connectivity index (χ0n) is 10.4. The number of nitro groups is 1. The summed E-state index contributed by atoms with van der Waals surface area (Å²) in [4.78, 5) is 21.8. The third kappa shape index (κ3) is 3.76. The first kappa shape index (κ1) is 14.6. The van der Waals surface area contributed by atoms with Crippen LogP contribution in [0.5, 0.6) is 0 Å². The molecule has 0 saturated carbocycles. The molecule has 0 heterocycles. The summed E-state index contributed by atoms with van der Waals surface area (Å²) in [6, 6.07) is 5.54. The molecule has 0 aliphatic rings. The molecule has 0 aliphatic carbocycles. The second-order valence-corrected chi connectivity index (χ2v) is 4.07. The maximum Gasteiger partial charge on any atom is 0.270 e. The lowest BCUT2D eigenvalue weighted by Gasteiger charge is -2.11. The molecule has 0 saturated heterocycles. The third-order valence-corrected chi connectivity index (χ3v) is 2.64. The van der Waals surface area contributed by atoms with E-state index in [2.05, 4.69) is 5.32 Å². The Labute approximate surface area is 110 Å². The molecule has 1 amide bonds. The molecule has 1 atom stereocenters. The fourth-order valence-corrected chi connectivity index (χ4v) is 1.48. The minimum Gasteiger partial charge on any atom is -0.330 e. The molecule has 7 nitrogen and oxygen atoms in total. The number of nitro benzene ring substituents is 1. The van der Waals surface area contributed by atoms with Gasteiger partial charge in [-0.1, -0.05) is 6.92 Å². The molecule has 19 heavy (non-hydrogen) atoms. The van der Waals surface area contributed by atoms with Crippen LogP contribution in [0.15, 0.2) is 18.2 Å². The van der Waals surface area contributed by atoms with Crippen molar-refractivity contribution in [1.82, 2.24) is 0 Å². The first-order valence-electron chi connectivity index (χ1n) is 5.69. The van der Waals surface area contributed by atoms with Gasteiger partial charge in [-0.05, 0) is 19.0 Å². The van der Waals surface area contributed by atoms with Gasteiger partial charge in [-0.15, -0.1) is 0 Å². The first-order chi connectivity index (χ1) is 8.99. The van der Waals surface area contributed by atoms with Crippen molar-refractivity contribution in [3.8, 4) is 6.07 Å². The summed E-state index contributed by atoms with van der Waals surface area (Å²) in [6.45, 7) is 2.11. The van der Waals surface area contributed by atoms with E-state index in [9.17, 15) is 14.9 Å². The number of carbonyl (C=O) groups excluding carboxylic acids is 1. The van der Waals surface area contributed by atoms with Crippen molar-refractivity contribution in [2.45, 2.75) is 13.3 Å². The van der Waals surface area contributed by atoms with Gasteiger partial charge in [0, 0.05) is 18.1 Å². The number of nitrogens with two attached hydrogens (primary N) is 1. The number of hydrogen-bond acceptors (Lipinski definition) is 5. The highest BCUT2D eigenvalue weighted by Crippen LogP contribution is 2.22. The van der Waals surface area contributed by atoms with Gasteiger partial charge in [0.05, 0.1) is 16.2 Å². The zero-order chi connectivity index (χ0) is 14.4. The van der Waals surface area contributed by atoms with Crippen LogP contribution in [0.4, 0.5) is 11.4 Å². The number of carbonyl (C=O) groups is 1. The van der Waals surface area contributed by atoms with Gasteiger partial charge >= 0.3 is 0 Å². The van der Waals surface area contributed by atoms with Crippen LogP contribution in [-0.2, 0) is 4.79 Å². The maximum atomic E-state index is 11.8. The minimum atomic E-state index is -0.594. The van der Waals surface area contributed by atoms with E-state index in [0.717, 1.165) is 6.07 Å². The summed E-state index contributed by atoms with van der Waals surface area (Å²) in [5.41, 5.74) is 5.50. The Morgan fingerprint density at radius 1 is 1.63 bits per heavy atom. The highest BCUT2D eigenvalue weighted by atomic mass is 16.6. The van der Waals surface area contributed by atoms with Crippen molar-refractivity contribution in [2.24, 2.45) is 11.7 Å². The summed E-state index contributed by atoms with van der Waals surface area (Å²) in [7, 11) is 0. The normalized spacial score (nSPS) is 11.4. The van der Waals surface area contributed by atoms with Crippen LogP contribution in [-0.4, -0.2) is 17.4 Å². The van der Waals surface area contributed by atoms with Gasteiger partial charge in [0.1, 0.15) is 6.07 Å². The molecule has 100 valence electrons. The summed E-state index contributed by atoms with van der Waals surface area (Å²) in [6.07, 6.45) is 0.528. The summed E-state index contributed by atoms with van der Waals surface area (Å²) in [5, 5.41) is 22.1. The lowest BCUT2D eigenvalue weighted by atomic mass is 10.1. The second kappa shape index (κ2) is 6.47. The van der Waals surface area contributed by atoms with Crippen LogP contribution >= 0.6 is 0 Å². The van der Waals surface area contributed by atoms with E-state index >= 15 is 0 Å². The molecule has 7 heteroatoms. The smallest absolute Gasteiger partial charge is 0.270 e. The quantitative estimate of drug-likeness (QED) is 0.613. The van der Waals surface area contributed by atoms with Gasteiger partial charge < -0.3 is 11.1 Å². The molecule has 3 N–H and O–H groups in total. The van der Waals surface area contributed by atoms with Crippen molar-refractivity contribution in [3.63, 3.8) is 0 Å². The molecule has 1 aromatic carbocycles. The zero-order valence-corrected chi connectivity index (χ0v) is 10.4. The molecule has 1 aromatic rings. The lowest BCUT2D eigenvalue weighted by Crippen LogP contribution is -2.23. The number of anilines is 1. The number of non-ortho nitro benzene ring substituents is 1. The number of nitriles is 1. The molecular formula is C12H14N4O3. The molecule has 0 aliphatic heterocycles. The fourth-order valence-electron chi connectivity index (χ4n) is 1.48. The SMILES string of the molecule is CC(CCN)C(=O)Nc1ccc([N+](=O)[O-])cc1C#N. The Bertz CT molecular complexity index is 536. The first-order valence-corrected chi connectivity index (χ1v) is 5.69. The van der Waals surface area contributed by atoms with Crippen molar-refractivity contribution in [2.75, 3.05) is 11.9 Å². The highest BCUT2D eigenvalue weighted by molar-refractivity contribution is 5.93. The van der Waals surface area contributed by atoms with E-state index in [0.29, 0.717) is 13.0 Å². The lowest BCUT2D eigenvalue weighted by molar-refractivity contribution is -0.384. The van der Waals surface area contributed by atoms with Crippen LogP contribution in [0.3, 0.4) is 0 Å². The number of hydrogen-bond donors (Lipinski definition) is 2. The predicted octanol–water partition coefficient (Wildman–Crippen LogP) is 1.39. The van der Waals surface area contributed by atoms with Gasteiger partial charge in [-0.25, -0.2) is 0 Å². The van der Waals surface area contributed by atoms with Gasteiger partial charge in [-0.2, -0.15) is 5.26 Å². The standard InChI is InChI=1S/C12H14N4O3/c1-8(4-5-13)12(17)15-11-3-2-10(16(18)19)6-9(11)7-14/h2-3,6,8H,4-5,13H2,1H3,(H,15,17). The van der Waals surface area contributed by atoms with Crippen molar-refractivity contribution in [1.29, 1.82) is 5.26 Å². The summed E-state index contributed by atoms with van der Waals surface area (Å²) >= 11 is 0. The topological polar surface area (TPSA) is 122 Å². The highest BCUT2D eigenvalue weighted by Gasteiger charge is 2.16. The largest absolute Gasteiger partial charge is 0.330 e. The number of rotatable bonds is 5. The molecule has 0 radical (unpaired) electrons. The van der Waals surface area contributed by atoms with Crippen LogP contribution in [0.2, 0.25) is 0 Å². The van der Waals surface area contributed by atoms with Gasteiger partial charge in [0.2, 0.25) is 5.91 Å². The summed E-state index contributed by atoms with van der Waals surface area (Å²) in [5.74, 6) is -0.553. The Morgan fingerprint density at radius 3 is 2.84 bits per heavy atom. The fraction of sp³-hybridized carbons (Fsp3) is 0.333. The van der Waals surface area contributed by atoms with Crippen molar-refractivity contribution < 1.29 is 9.72 Å². The van der Waals surface area contributed by atoms with E-state index in [1.165, 1.54) is 12.1 Å². The van der Waals surface area contributed by atoms with Crippen LogP contribution in [0.25, 0.3) is 0 Å². The number of amides is 1. The van der Waals surface area contributed by atoms with Crippen LogP contribution in [0.1, 0.15) is 18.9 Å². The molecule has 1 unspecified atom stereocenters. The molecule has 0 aromatic heterocycles. The van der Waals surface area contributed by atoms with Crippen LogP contribution in [0, 0.1) is 27.4 Å². The Balaban J connectivity index is 2.93. The second-order valence-electron chi connectivity index (χ2n) is 4.07. The molecule has 1 rings (SSSR count). The minimum absolute atomic E-state index is 0.0579. The average molecular weight is 262 g/mol. The Hall–Kier alpha value is -2.46. The van der Waals surface area contributed by atoms with E-state index in [-0.39, 0.29) is 28.8 Å². The van der Waals surface area contributed by atoms with Crippen molar-refractivity contribution in [3.05, 3.63) is 33.9 Å². The number of benzene rings is 1. The Morgan fingerprint density at radius 2 is 2.32 bits per heavy atom. The maximum absolute atomic E-state index is 11.8.